The van der Waals surface area contributed by atoms with Crippen LogP contribution in [0.2, 0.25) is 0 Å². The predicted molar refractivity (Wildman–Crippen MR) is 81.5 cm³/mol. The quantitative estimate of drug-likeness (QED) is 0.877. The van der Waals surface area contributed by atoms with Crippen molar-refractivity contribution in [2.45, 2.75) is 37.8 Å². The first-order valence-electron chi connectivity index (χ1n) is 7.88. The van der Waals surface area contributed by atoms with E-state index in [1.54, 1.807) is 12.1 Å². The van der Waals surface area contributed by atoms with Gasteiger partial charge in [0.2, 0.25) is 0 Å². The van der Waals surface area contributed by atoms with E-state index >= 15 is 0 Å². The number of hydrogen-bond acceptors (Lipinski definition) is 2. The standard InChI is InChI=1S/C17H17F3N2O/c18-17(19,20)13-8-15(23)22(21)14-6-5-11(7-12(13)14)16(9-1-2-9)10-3-4-10/h5-10,16H,1-4,21H2. The van der Waals surface area contributed by atoms with Gasteiger partial charge in [0, 0.05) is 11.5 Å². The van der Waals surface area contributed by atoms with Crippen LogP contribution < -0.4 is 11.4 Å². The van der Waals surface area contributed by atoms with Gasteiger partial charge in [0.05, 0.1) is 11.1 Å². The number of nitrogens with two attached hydrogens (primary N) is 1. The van der Waals surface area contributed by atoms with Crippen molar-refractivity contribution < 1.29 is 13.2 Å². The minimum atomic E-state index is -4.57. The van der Waals surface area contributed by atoms with Gasteiger partial charge in [-0.2, -0.15) is 13.2 Å². The van der Waals surface area contributed by atoms with E-state index in [1.165, 1.54) is 0 Å². The van der Waals surface area contributed by atoms with E-state index in [-0.39, 0.29) is 10.9 Å². The van der Waals surface area contributed by atoms with Crippen molar-refractivity contribution in [2.24, 2.45) is 11.8 Å². The summed E-state index contributed by atoms with van der Waals surface area (Å²) < 4.78 is 40.7. The summed E-state index contributed by atoms with van der Waals surface area (Å²) in [5.41, 5.74) is -0.671. The third-order valence-electron chi connectivity index (χ3n) is 5.03. The second-order valence-corrected chi connectivity index (χ2v) is 6.74. The van der Waals surface area contributed by atoms with Gasteiger partial charge >= 0.3 is 6.18 Å². The average molecular weight is 322 g/mol. The molecule has 4 rings (SSSR count). The molecule has 3 nitrogen and oxygen atoms in total. The first-order valence-corrected chi connectivity index (χ1v) is 7.88. The smallest absolute Gasteiger partial charge is 0.336 e. The molecule has 0 bridgehead atoms. The van der Waals surface area contributed by atoms with Gasteiger partial charge < -0.3 is 5.84 Å². The zero-order valence-electron chi connectivity index (χ0n) is 12.4. The summed E-state index contributed by atoms with van der Waals surface area (Å²) in [7, 11) is 0. The van der Waals surface area contributed by atoms with Gasteiger partial charge in [-0.05, 0) is 61.1 Å². The largest absolute Gasteiger partial charge is 0.417 e. The molecule has 6 heteroatoms. The fourth-order valence-corrected chi connectivity index (χ4v) is 3.65. The third-order valence-corrected chi connectivity index (χ3v) is 5.03. The highest BCUT2D eigenvalue weighted by atomic mass is 19.4. The third kappa shape index (κ3) is 2.50. The monoisotopic (exact) mass is 322 g/mol. The average Bonchev–Trinajstić information content (AvgIpc) is 3.36. The van der Waals surface area contributed by atoms with Gasteiger partial charge in [0.25, 0.3) is 5.56 Å². The highest BCUT2D eigenvalue weighted by Gasteiger charge is 2.42. The van der Waals surface area contributed by atoms with E-state index in [4.69, 9.17) is 5.84 Å². The second-order valence-electron chi connectivity index (χ2n) is 6.74. The van der Waals surface area contributed by atoms with E-state index in [0.717, 1.165) is 35.9 Å². The predicted octanol–water partition coefficient (Wildman–Crippen LogP) is 3.64. The molecule has 1 aromatic carbocycles. The molecule has 0 radical (unpaired) electrons. The van der Waals surface area contributed by atoms with Crippen LogP contribution in [0.5, 0.6) is 0 Å². The summed E-state index contributed by atoms with van der Waals surface area (Å²) in [5, 5.41) is 0.0170. The van der Waals surface area contributed by atoms with E-state index in [0.29, 0.717) is 23.8 Å². The number of nitrogen functional groups attached to an aromatic ring is 1. The van der Waals surface area contributed by atoms with Crippen molar-refractivity contribution >= 4 is 10.9 Å². The van der Waals surface area contributed by atoms with E-state index in [2.05, 4.69) is 0 Å². The van der Waals surface area contributed by atoms with E-state index in [9.17, 15) is 18.0 Å². The van der Waals surface area contributed by atoms with Crippen molar-refractivity contribution in [2.75, 3.05) is 5.84 Å². The molecule has 2 aliphatic rings. The summed E-state index contributed by atoms with van der Waals surface area (Å²) in [4.78, 5) is 11.7. The molecule has 1 heterocycles. The Morgan fingerprint density at radius 2 is 1.70 bits per heavy atom. The van der Waals surface area contributed by atoms with Gasteiger partial charge in [-0.25, -0.2) is 4.68 Å². The Balaban J connectivity index is 1.93. The summed E-state index contributed by atoms with van der Waals surface area (Å²) >= 11 is 0. The fourth-order valence-electron chi connectivity index (χ4n) is 3.65. The number of aromatic nitrogens is 1. The molecule has 0 saturated heterocycles. The highest BCUT2D eigenvalue weighted by Crippen LogP contribution is 2.54. The lowest BCUT2D eigenvalue weighted by atomic mass is 9.88. The minimum Gasteiger partial charge on any atom is -0.336 e. The molecule has 0 amide bonds. The molecule has 0 aliphatic heterocycles. The molecule has 2 fully saturated rings. The van der Waals surface area contributed by atoms with Crippen LogP contribution in [0.4, 0.5) is 13.2 Å². The minimum absolute atomic E-state index is 0.0170. The Kier molecular flexibility index (Phi) is 3.02. The second kappa shape index (κ2) is 4.76. The zero-order chi connectivity index (χ0) is 16.4. The van der Waals surface area contributed by atoms with Crippen LogP contribution in [0.25, 0.3) is 10.9 Å². The Bertz CT molecular complexity index is 820. The van der Waals surface area contributed by atoms with Crippen molar-refractivity contribution in [3.63, 3.8) is 0 Å². The maximum absolute atomic E-state index is 13.3. The number of fused-ring (bicyclic) bond motifs is 1. The first-order chi connectivity index (χ1) is 10.9. The lowest BCUT2D eigenvalue weighted by Crippen LogP contribution is -2.29. The van der Waals surface area contributed by atoms with Crippen LogP contribution in [0.15, 0.2) is 29.1 Å². The van der Waals surface area contributed by atoms with Crippen LogP contribution in [0.1, 0.15) is 42.7 Å². The van der Waals surface area contributed by atoms with Crippen molar-refractivity contribution in [3.05, 3.63) is 45.7 Å². The van der Waals surface area contributed by atoms with Crippen molar-refractivity contribution in [1.29, 1.82) is 0 Å². The van der Waals surface area contributed by atoms with E-state index in [1.807, 2.05) is 6.07 Å². The number of nitrogens with zero attached hydrogens (tertiary/aromatic N) is 1. The fraction of sp³-hybridized carbons (Fsp3) is 0.471. The molecule has 2 aliphatic carbocycles. The Morgan fingerprint density at radius 3 is 2.22 bits per heavy atom. The molecule has 2 saturated carbocycles. The molecule has 2 N–H and O–H groups in total. The molecule has 0 spiro atoms. The van der Waals surface area contributed by atoms with Gasteiger partial charge in [-0.3, -0.25) is 4.79 Å². The maximum Gasteiger partial charge on any atom is 0.417 e. The number of alkyl halides is 3. The lowest BCUT2D eigenvalue weighted by Gasteiger charge is -2.19. The summed E-state index contributed by atoms with van der Waals surface area (Å²) in [6.45, 7) is 0. The molecular weight excluding hydrogens is 305 g/mol. The number of halogens is 3. The number of hydrogen-bond donors (Lipinski definition) is 1. The molecule has 0 unspecified atom stereocenters. The summed E-state index contributed by atoms with van der Waals surface area (Å²) in [6.07, 6.45) is 0.0474. The van der Waals surface area contributed by atoms with Crippen molar-refractivity contribution in [3.8, 4) is 0 Å². The number of pyridine rings is 1. The Hall–Kier alpha value is -1.98. The SMILES string of the molecule is Nn1c(=O)cc(C(F)(F)F)c2cc(C(C3CC3)C3CC3)ccc21. The van der Waals surface area contributed by atoms with Gasteiger partial charge in [0.15, 0.2) is 0 Å². The highest BCUT2D eigenvalue weighted by molar-refractivity contribution is 5.84. The van der Waals surface area contributed by atoms with Crippen LogP contribution in [-0.2, 0) is 6.18 Å². The zero-order valence-corrected chi connectivity index (χ0v) is 12.4. The Morgan fingerprint density at radius 1 is 1.09 bits per heavy atom. The number of rotatable bonds is 3. The van der Waals surface area contributed by atoms with Gasteiger partial charge in [-0.1, -0.05) is 6.07 Å². The summed E-state index contributed by atoms with van der Waals surface area (Å²) in [5.74, 6) is 7.17. The topological polar surface area (TPSA) is 48.0 Å². The first kappa shape index (κ1) is 14.6. The lowest BCUT2D eigenvalue weighted by molar-refractivity contribution is -0.136. The van der Waals surface area contributed by atoms with Crippen LogP contribution in [0, 0.1) is 11.8 Å². The Labute approximate surface area is 130 Å². The van der Waals surface area contributed by atoms with Crippen molar-refractivity contribution in [1.82, 2.24) is 4.68 Å². The molecule has 2 aromatic rings. The number of benzene rings is 1. The summed E-state index contributed by atoms with van der Waals surface area (Å²) in [6, 6.07) is 5.59. The van der Waals surface area contributed by atoms with E-state index < -0.39 is 17.3 Å². The van der Waals surface area contributed by atoms with Crippen LogP contribution in [-0.4, -0.2) is 4.68 Å². The molecule has 122 valence electrons. The van der Waals surface area contributed by atoms with Gasteiger partial charge in [-0.15, -0.1) is 0 Å². The molecular formula is C17H17F3N2O. The molecule has 1 aromatic heterocycles. The maximum atomic E-state index is 13.3. The van der Waals surface area contributed by atoms with Gasteiger partial charge in [0.1, 0.15) is 0 Å². The van der Waals surface area contributed by atoms with Crippen LogP contribution >= 0.6 is 0 Å². The van der Waals surface area contributed by atoms with Crippen LogP contribution in [0.3, 0.4) is 0 Å². The molecule has 0 atom stereocenters. The molecule has 23 heavy (non-hydrogen) atoms. The normalized spacial score (nSPS) is 18.8.